The number of rotatable bonds is 7. The van der Waals surface area contributed by atoms with E-state index in [1.165, 1.54) is 11.1 Å². The molecule has 0 amide bonds. The lowest BCUT2D eigenvalue weighted by atomic mass is 9.91. The SMILES string of the molecule is CCOc1ccc(-c2nc(C3=CCCC4=C3CCC4NC)no2)cc1OCC. The summed E-state index contributed by atoms with van der Waals surface area (Å²) in [6.45, 7) is 5.06. The highest BCUT2D eigenvalue weighted by Gasteiger charge is 2.30. The van der Waals surface area contributed by atoms with Gasteiger partial charge in [-0.15, -0.1) is 0 Å². The van der Waals surface area contributed by atoms with Gasteiger partial charge in [-0.25, -0.2) is 0 Å². The van der Waals surface area contributed by atoms with Gasteiger partial charge in [-0.2, -0.15) is 4.98 Å². The van der Waals surface area contributed by atoms with Crippen molar-refractivity contribution < 1.29 is 14.0 Å². The lowest BCUT2D eigenvalue weighted by Crippen LogP contribution is -2.24. The molecule has 6 nitrogen and oxygen atoms in total. The van der Waals surface area contributed by atoms with Gasteiger partial charge in [0.25, 0.3) is 5.89 Å². The first-order valence-corrected chi connectivity index (χ1v) is 10.1. The molecule has 1 N–H and O–H groups in total. The average molecular weight is 381 g/mol. The van der Waals surface area contributed by atoms with Crippen molar-refractivity contribution in [3.05, 3.63) is 41.2 Å². The molecule has 4 rings (SSSR count). The summed E-state index contributed by atoms with van der Waals surface area (Å²) in [5, 5.41) is 7.71. The lowest BCUT2D eigenvalue weighted by molar-refractivity contribution is 0.288. The maximum absolute atomic E-state index is 5.72. The van der Waals surface area contributed by atoms with Gasteiger partial charge in [0.2, 0.25) is 5.82 Å². The number of ether oxygens (including phenoxy) is 2. The Balaban J connectivity index is 1.63. The van der Waals surface area contributed by atoms with Crippen LogP contribution in [0.15, 0.2) is 39.9 Å². The molecule has 1 aromatic carbocycles. The summed E-state index contributed by atoms with van der Waals surface area (Å²) in [6.07, 6.45) is 6.59. The monoisotopic (exact) mass is 381 g/mol. The summed E-state index contributed by atoms with van der Waals surface area (Å²) in [5.74, 6) is 2.58. The third-order valence-corrected chi connectivity index (χ3v) is 5.38. The van der Waals surface area contributed by atoms with E-state index < -0.39 is 0 Å². The molecular formula is C22H27N3O3. The highest BCUT2D eigenvalue weighted by molar-refractivity contribution is 5.79. The standard InChI is InChI=1S/C22H27N3O3/c1-4-26-19-12-9-14(13-20(19)27-5-2)22-24-21(25-28-22)17-8-6-7-16-15(17)10-11-18(16)23-3/h8-9,12-13,18,23H,4-7,10-11H2,1-3H3. The van der Waals surface area contributed by atoms with Gasteiger partial charge in [0, 0.05) is 17.2 Å². The number of benzene rings is 1. The molecule has 0 radical (unpaired) electrons. The molecule has 0 fully saturated rings. The minimum Gasteiger partial charge on any atom is -0.490 e. The second-order valence-corrected chi connectivity index (χ2v) is 6.99. The van der Waals surface area contributed by atoms with Crippen LogP contribution in [0.3, 0.4) is 0 Å². The number of hydrogen-bond donors (Lipinski definition) is 1. The zero-order chi connectivity index (χ0) is 19.5. The quantitative estimate of drug-likeness (QED) is 0.767. The zero-order valence-electron chi connectivity index (χ0n) is 16.7. The van der Waals surface area contributed by atoms with Crippen molar-refractivity contribution in [3.63, 3.8) is 0 Å². The number of likely N-dealkylation sites (N-methyl/N-ethyl adjacent to an activating group) is 1. The van der Waals surface area contributed by atoms with Gasteiger partial charge < -0.3 is 19.3 Å². The second-order valence-electron chi connectivity index (χ2n) is 6.99. The molecule has 0 spiro atoms. The molecule has 148 valence electrons. The summed E-state index contributed by atoms with van der Waals surface area (Å²) in [5.41, 5.74) is 4.85. The molecule has 1 heterocycles. The Labute approximate surface area is 165 Å². The Kier molecular flexibility index (Phi) is 5.48. The van der Waals surface area contributed by atoms with E-state index in [4.69, 9.17) is 19.0 Å². The fourth-order valence-electron chi connectivity index (χ4n) is 4.14. The van der Waals surface area contributed by atoms with Crippen molar-refractivity contribution in [1.82, 2.24) is 15.5 Å². The van der Waals surface area contributed by atoms with E-state index >= 15 is 0 Å². The topological polar surface area (TPSA) is 69.4 Å². The van der Waals surface area contributed by atoms with E-state index in [1.54, 1.807) is 0 Å². The second kappa shape index (κ2) is 8.19. The summed E-state index contributed by atoms with van der Waals surface area (Å²) in [7, 11) is 2.03. The van der Waals surface area contributed by atoms with Crippen LogP contribution in [0.5, 0.6) is 11.5 Å². The van der Waals surface area contributed by atoms with Gasteiger partial charge in [0.05, 0.1) is 13.2 Å². The fourth-order valence-corrected chi connectivity index (χ4v) is 4.14. The van der Waals surface area contributed by atoms with Crippen LogP contribution in [-0.2, 0) is 0 Å². The Morgan fingerprint density at radius 1 is 1.14 bits per heavy atom. The van der Waals surface area contributed by atoms with Crippen LogP contribution >= 0.6 is 0 Å². The zero-order valence-corrected chi connectivity index (χ0v) is 16.7. The molecule has 0 saturated heterocycles. The Morgan fingerprint density at radius 2 is 1.96 bits per heavy atom. The Hall–Kier alpha value is -2.60. The van der Waals surface area contributed by atoms with E-state index in [-0.39, 0.29) is 0 Å². The van der Waals surface area contributed by atoms with Crippen LogP contribution in [0.25, 0.3) is 17.0 Å². The molecule has 2 aromatic rings. The molecular weight excluding hydrogens is 354 g/mol. The molecule has 1 unspecified atom stereocenters. The lowest BCUT2D eigenvalue weighted by Gasteiger charge is -2.18. The van der Waals surface area contributed by atoms with Crippen molar-refractivity contribution >= 4 is 5.57 Å². The first-order chi connectivity index (χ1) is 13.7. The molecule has 2 aliphatic rings. The highest BCUT2D eigenvalue weighted by Crippen LogP contribution is 2.41. The van der Waals surface area contributed by atoms with Crippen molar-refractivity contribution in [1.29, 1.82) is 0 Å². The van der Waals surface area contributed by atoms with Crippen molar-refractivity contribution in [2.75, 3.05) is 20.3 Å². The van der Waals surface area contributed by atoms with E-state index in [2.05, 4.69) is 16.5 Å². The molecule has 28 heavy (non-hydrogen) atoms. The minimum absolute atomic E-state index is 0.477. The van der Waals surface area contributed by atoms with E-state index in [0.717, 1.165) is 42.6 Å². The summed E-state index contributed by atoms with van der Waals surface area (Å²) in [4.78, 5) is 4.70. The van der Waals surface area contributed by atoms with Gasteiger partial charge in [-0.05, 0) is 75.9 Å². The van der Waals surface area contributed by atoms with Gasteiger partial charge in [0.1, 0.15) is 0 Å². The van der Waals surface area contributed by atoms with Gasteiger partial charge in [-0.3, -0.25) is 0 Å². The normalized spacial score (nSPS) is 18.8. The first kappa shape index (κ1) is 18.7. The average Bonchev–Trinajstić information content (AvgIpc) is 3.36. The number of nitrogens with zero attached hydrogens (tertiary/aromatic N) is 2. The van der Waals surface area contributed by atoms with Crippen LogP contribution in [0, 0.1) is 0 Å². The van der Waals surface area contributed by atoms with E-state index in [9.17, 15) is 0 Å². The minimum atomic E-state index is 0.477. The number of aromatic nitrogens is 2. The van der Waals surface area contributed by atoms with Crippen LogP contribution in [-0.4, -0.2) is 36.4 Å². The summed E-state index contributed by atoms with van der Waals surface area (Å²) in [6, 6.07) is 6.20. The van der Waals surface area contributed by atoms with Crippen LogP contribution < -0.4 is 14.8 Å². The molecule has 2 aliphatic carbocycles. The van der Waals surface area contributed by atoms with Crippen LogP contribution in [0.2, 0.25) is 0 Å². The Morgan fingerprint density at radius 3 is 2.75 bits per heavy atom. The molecule has 0 saturated carbocycles. The number of allylic oxidation sites excluding steroid dienone is 3. The Bertz CT molecular complexity index is 914. The van der Waals surface area contributed by atoms with Crippen LogP contribution in [0.1, 0.15) is 45.4 Å². The van der Waals surface area contributed by atoms with E-state index in [1.807, 2.05) is 39.1 Å². The molecule has 0 aliphatic heterocycles. The van der Waals surface area contributed by atoms with Crippen molar-refractivity contribution in [2.45, 2.75) is 45.6 Å². The molecule has 6 heteroatoms. The van der Waals surface area contributed by atoms with Gasteiger partial charge in [0.15, 0.2) is 11.5 Å². The number of nitrogens with one attached hydrogen (secondary N) is 1. The first-order valence-electron chi connectivity index (χ1n) is 10.1. The van der Waals surface area contributed by atoms with Gasteiger partial charge >= 0.3 is 0 Å². The van der Waals surface area contributed by atoms with E-state index in [0.29, 0.717) is 36.7 Å². The fraction of sp³-hybridized carbons (Fsp3) is 0.455. The highest BCUT2D eigenvalue weighted by atomic mass is 16.5. The van der Waals surface area contributed by atoms with Crippen molar-refractivity contribution in [2.24, 2.45) is 0 Å². The smallest absolute Gasteiger partial charge is 0.258 e. The molecule has 0 bridgehead atoms. The van der Waals surface area contributed by atoms with Crippen LogP contribution in [0.4, 0.5) is 0 Å². The number of hydrogen-bond acceptors (Lipinski definition) is 6. The third kappa shape index (κ3) is 3.44. The molecule has 1 atom stereocenters. The molecule has 1 aromatic heterocycles. The van der Waals surface area contributed by atoms with Crippen molar-refractivity contribution in [3.8, 4) is 23.0 Å². The maximum Gasteiger partial charge on any atom is 0.258 e. The summed E-state index contributed by atoms with van der Waals surface area (Å²) >= 11 is 0. The summed E-state index contributed by atoms with van der Waals surface area (Å²) < 4.78 is 17.0. The predicted molar refractivity (Wildman–Crippen MR) is 108 cm³/mol. The third-order valence-electron chi connectivity index (χ3n) is 5.38. The predicted octanol–water partition coefficient (Wildman–Crippen LogP) is 4.39. The van der Waals surface area contributed by atoms with Gasteiger partial charge in [-0.1, -0.05) is 11.2 Å². The largest absolute Gasteiger partial charge is 0.490 e. The maximum atomic E-state index is 5.72.